The van der Waals surface area contributed by atoms with Gasteiger partial charge in [0, 0.05) is 31.5 Å². The zero-order valence-electron chi connectivity index (χ0n) is 9.10. The van der Waals surface area contributed by atoms with Gasteiger partial charge in [-0.2, -0.15) is 0 Å². The molecule has 0 spiro atoms. The van der Waals surface area contributed by atoms with Crippen molar-refractivity contribution in [2.24, 2.45) is 5.41 Å². The van der Waals surface area contributed by atoms with Crippen LogP contribution in [0.15, 0.2) is 0 Å². The first-order valence-electron chi connectivity index (χ1n) is 5.54. The third-order valence-corrected chi connectivity index (χ3v) is 3.10. The van der Waals surface area contributed by atoms with Gasteiger partial charge in [-0.15, -0.1) is 11.8 Å². The summed E-state index contributed by atoms with van der Waals surface area (Å²) < 4.78 is 0. The minimum absolute atomic E-state index is 0.180. The summed E-state index contributed by atoms with van der Waals surface area (Å²) in [6, 6.07) is 0. The average Bonchev–Trinajstić information content (AvgIpc) is 2.67. The van der Waals surface area contributed by atoms with E-state index in [1.54, 1.807) is 0 Å². The van der Waals surface area contributed by atoms with Crippen LogP contribution < -0.4 is 5.32 Å². The largest absolute Gasteiger partial charge is 0.396 e. The Kier molecular flexibility index (Phi) is 5.00. The summed E-state index contributed by atoms with van der Waals surface area (Å²) in [4.78, 5) is 0. The van der Waals surface area contributed by atoms with Gasteiger partial charge in [-0.3, -0.25) is 0 Å². The predicted octanol–water partition coefficient (Wildman–Crippen LogP) is 1.54. The molecule has 0 radical (unpaired) electrons. The molecule has 0 amide bonds. The van der Waals surface area contributed by atoms with Gasteiger partial charge in [0.2, 0.25) is 0 Å². The Morgan fingerprint density at radius 1 is 1.36 bits per heavy atom. The van der Waals surface area contributed by atoms with E-state index in [2.05, 4.69) is 17.2 Å². The van der Waals surface area contributed by atoms with Gasteiger partial charge in [0.25, 0.3) is 0 Å². The first kappa shape index (κ1) is 11.6. The molecule has 0 aliphatic heterocycles. The lowest BCUT2D eigenvalue weighted by Crippen LogP contribution is -2.35. The van der Waals surface area contributed by atoms with E-state index in [1.165, 1.54) is 25.7 Å². The highest BCUT2D eigenvalue weighted by Crippen LogP contribution is 2.36. The SMILES string of the molecule is CC#CCCNCC1(CO)CCCC1. The smallest absolute Gasteiger partial charge is 0.0499 e. The zero-order valence-corrected chi connectivity index (χ0v) is 9.10. The summed E-state index contributed by atoms with van der Waals surface area (Å²) in [5, 5.41) is 12.7. The number of hydrogen-bond donors (Lipinski definition) is 2. The van der Waals surface area contributed by atoms with Gasteiger partial charge in [-0.1, -0.05) is 12.8 Å². The number of nitrogens with one attached hydrogen (secondary N) is 1. The highest BCUT2D eigenvalue weighted by atomic mass is 16.3. The second-order valence-electron chi connectivity index (χ2n) is 4.22. The summed E-state index contributed by atoms with van der Waals surface area (Å²) in [6.45, 7) is 4.10. The van der Waals surface area contributed by atoms with Crippen molar-refractivity contribution in [3.63, 3.8) is 0 Å². The van der Waals surface area contributed by atoms with E-state index in [1.807, 2.05) is 6.92 Å². The van der Waals surface area contributed by atoms with Crippen LogP contribution in [0.1, 0.15) is 39.0 Å². The van der Waals surface area contributed by atoms with Crippen molar-refractivity contribution < 1.29 is 5.11 Å². The van der Waals surface area contributed by atoms with E-state index in [0.717, 1.165) is 19.5 Å². The third-order valence-electron chi connectivity index (χ3n) is 3.10. The molecule has 0 saturated heterocycles. The fraction of sp³-hybridized carbons (Fsp3) is 0.833. The van der Waals surface area contributed by atoms with Crippen LogP contribution in [0.5, 0.6) is 0 Å². The van der Waals surface area contributed by atoms with Crippen LogP contribution in [-0.2, 0) is 0 Å². The molecule has 2 heteroatoms. The molecule has 1 rings (SSSR count). The highest BCUT2D eigenvalue weighted by molar-refractivity contribution is 4.95. The number of aliphatic hydroxyl groups is 1. The Balaban J connectivity index is 2.16. The topological polar surface area (TPSA) is 32.3 Å². The molecule has 0 heterocycles. The molecule has 2 nitrogen and oxygen atoms in total. The molecular weight excluding hydrogens is 174 g/mol. The molecular formula is C12H21NO. The first-order chi connectivity index (χ1) is 6.83. The lowest BCUT2D eigenvalue weighted by Gasteiger charge is -2.26. The summed E-state index contributed by atoms with van der Waals surface area (Å²) >= 11 is 0. The standard InChI is InChI=1S/C12H21NO/c1-2-3-6-9-13-10-12(11-14)7-4-5-8-12/h13-14H,4-11H2,1H3. The maximum absolute atomic E-state index is 9.35. The highest BCUT2D eigenvalue weighted by Gasteiger charge is 2.32. The monoisotopic (exact) mass is 195 g/mol. The molecule has 0 unspecified atom stereocenters. The molecule has 1 saturated carbocycles. The van der Waals surface area contributed by atoms with Gasteiger partial charge < -0.3 is 10.4 Å². The van der Waals surface area contributed by atoms with Crippen LogP contribution in [-0.4, -0.2) is 24.8 Å². The Hall–Kier alpha value is -0.520. The summed E-state index contributed by atoms with van der Waals surface area (Å²) in [5.74, 6) is 5.91. The first-order valence-corrected chi connectivity index (χ1v) is 5.54. The van der Waals surface area contributed by atoms with Gasteiger partial charge in [-0.25, -0.2) is 0 Å². The minimum atomic E-state index is 0.180. The fourth-order valence-corrected chi connectivity index (χ4v) is 2.15. The maximum Gasteiger partial charge on any atom is 0.0499 e. The van der Waals surface area contributed by atoms with Crippen LogP contribution in [0.3, 0.4) is 0 Å². The molecule has 2 N–H and O–H groups in total. The number of hydrogen-bond acceptors (Lipinski definition) is 2. The van der Waals surface area contributed by atoms with Crippen molar-refractivity contribution in [2.45, 2.75) is 39.0 Å². The van der Waals surface area contributed by atoms with E-state index in [0.29, 0.717) is 6.61 Å². The third kappa shape index (κ3) is 3.32. The molecule has 0 aromatic carbocycles. The van der Waals surface area contributed by atoms with Crippen LogP contribution >= 0.6 is 0 Å². The Bertz CT molecular complexity index is 208. The van der Waals surface area contributed by atoms with Gasteiger partial charge in [0.05, 0.1) is 0 Å². The van der Waals surface area contributed by atoms with Gasteiger partial charge in [0.15, 0.2) is 0 Å². The predicted molar refractivity (Wildman–Crippen MR) is 58.9 cm³/mol. The molecule has 0 bridgehead atoms. The molecule has 0 aromatic heterocycles. The van der Waals surface area contributed by atoms with Crippen molar-refractivity contribution in [3.8, 4) is 11.8 Å². The van der Waals surface area contributed by atoms with Crippen LogP contribution in [0, 0.1) is 17.3 Å². The Morgan fingerprint density at radius 2 is 2.07 bits per heavy atom. The molecule has 80 valence electrons. The molecule has 14 heavy (non-hydrogen) atoms. The van der Waals surface area contributed by atoms with E-state index in [-0.39, 0.29) is 5.41 Å². The fourth-order valence-electron chi connectivity index (χ4n) is 2.15. The summed E-state index contributed by atoms with van der Waals surface area (Å²) in [6.07, 6.45) is 5.82. The second-order valence-corrected chi connectivity index (χ2v) is 4.22. The van der Waals surface area contributed by atoms with Crippen molar-refractivity contribution >= 4 is 0 Å². The Morgan fingerprint density at radius 3 is 2.64 bits per heavy atom. The van der Waals surface area contributed by atoms with E-state index in [4.69, 9.17) is 0 Å². The lowest BCUT2D eigenvalue weighted by molar-refractivity contribution is 0.129. The molecule has 0 aromatic rings. The molecule has 1 fully saturated rings. The zero-order chi connectivity index (χ0) is 10.3. The van der Waals surface area contributed by atoms with Crippen molar-refractivity contribution in [3.05, 3.63) is 0 Å². The van der Waals surface area contributed by atoms with Crippen LogP contribution in [0.2, 0.25) is 0 Å². The molecule has 0 atom stereocenters. The van der Waals surface area contributed by atoms with Crippen molar-refractivity contribution in [2.75, 3.05) is 19.7 Å². The van der Waals surface area contributed by atoms with Crippen LogP contribution in [0.4, 0.5) is 0 Å². The number of aliphatic hydroxyl groups excluding tert-OH is 1. The van der Waals surface area contributed by atoms with Gasteiger partial charge >= 0.3 is 0 Å². The van der Waals surface area contributed by atoms with E-state index < -0.39 is 0 Å². The van der Waals surface area contributed by atoms with E-state index in [9.17, 15) is 5.11 Å². The minimum Gasteiger partial charge on any atom is -0.396 e. The Labute approximate surface area is 87.1 Å². The quantitative estimate of drug-likeness (QED) is 0.515. The van der Waals surface area contributed by atoms with Gasteiger partial charge in [-0.05, 0) is 19.8 Å². The number of rotatable bonds is 5. The second kappa shape index (κ2) is 6.06. The molecule has 1 aliphatic rings. The summed E-state index contributed by atoms with van der Waals surface area (Å²) in [5.41, 5.74) is 0.180. The van der Waals surface area contributed by atoms with Crippen LogP contribution in [0.25, 0.3) is 0 Å². The molecule has 1 aliphatic carbocycles. The van der Waals surface area contributed by atoms with Gasteiger partial charge in [0.1, 0.15) is 0 Å². The van der Waals surface area contributed by atoms with Crippen molar-refractivity contribution in [1.29, 1.82) is 0 Å². The van der Waals surface area contributed by atoms with Crippen molar-refractivity contribution in [1.82, 2.24) is 5.32 Å². The lowest BCUT2D eigenvalue weighted by atomic mass is 9.87. The normalized spacial score (nSPS) is 19.0. The summed E-state index contributed by atoms with van der Waals surface area (Å²) in [7, 11) is 0. The maximum atomic E-state index is 9.35. The van der Waals surface area contributed by atoms with E-state index >= 15 is 0 Å². The average molecular weight is 195 g/mol.